The Morgan fingerprint density at radius 1 is 1.06 bits per heavy atom. The Hall–Kier alpha value is -4.34. The summed E-state index contributed by atoms with van der Waals surface area (Å²) in [6.45, 7) is 2.49. The largest absolute Gasteiger partial charge is 0.335 e. The van der Waals surface area contributed by atoms with Gasteiger partial charge in [-0.3, -0.25) is 9.55 Å². The van der Waals surface area contributed by atoms with Gasteiger partial charge in [-0.25, -0.2) is 14.3 Å². The third-order valence-electron chi connectivity index (χ3n) is 5.55. The van der Waals surface area contributed by atoms with Crippen molar-refractivity contribution < 1.29 is 0 Å². The molecule has 0 unspecified atom stereocenters. The maximum Gasteiger partial charge on any atom is 0.335 e. The van der Waals surface area contributed by atoms with Gasteiger partial charge in [0.2, 0.25) is 11.8 Å². The minimum absolute atomic E-state index is 0.124. The number of hydrogen-bond acceptors (Lipinski definition) is 6. The number of tetrazole rings is 1. The van der Waals surface area contributed by atoms with E-state index in [0.29, 0.717) is 18.3 Å². The molecule has 0 fully saturated rings. The quantitative estimate of drug-likeness (QED) is 0.415. The first-order valence-corrected chi connectivity index (χ1v) is 10.7. The Kier molecular flexibility index (Phi) is 5.39. The van der Waals surface area contributed by atoms with E-state index in [9.17, 15) is 4.79 Å². The Labute approximate surface area is 189 Å². The van der Waals surface area contributed by atoms with Gasteiger partial charge in [0, 0.05) is 48.7 Å². The van der Waals surface area contributed by atoms with Gasteiger partial charge in [-0.15, -0.1) is 10.2 Å². The first-order chi connectivity index (χ1) is 16.2. The molecule has 0 saturated carbocycles. The molecule has 0 aliphatic carbocycles. The summed E-state index contributed by atoms with van der Waals surface area (Å²) in [5.74, 6) is 1.12. The molecule has 166 valence electrons. The van der Waals surface area contributed by atoms with E-state index >= 15 is 0 Å². The molecule has 0 saturated heterocycles. The molecular weight excluding hydrogens is 418 g/mol. The zero-order valence-electron chi connectivity index (χ0n) is 18.4. The van der Waals surface area contributed by atoms with E-state index in [4.69, 9.17) is 0 Å². The summed E-state index contributed by atoms with van der Waals surface area (Å²) in [6, 6.07) is 11.8. The fourth-order valence-electron chi connectivity index (χ4n) is 3.93. The standard InChI is InChI=1S/C23H23N9O/c1-3-6-18-15-32(22-24-11-12-30(22)2)23(33)31(18)14-17-10-9-16(13-25-17)19-7-4-5-8-20(19)21-26-28-29-27-21/h4-5,7-13,15H,3,6,14H2,1-2H3,(H,26,27,28,29). The van der Waals surface area contributed by atoms with Crippen LogP contribution in [0.25, 0.3) is 28.5 Å². The Bertz CT molecular complexity index is 1430. The number of benzene rings is 1. The van der Waals surface area contributed by atoms with Crippen molar-refractivity contribution in [3.8, 4) is 28.5 Å². The highest BCUT2D eigenvalue weighted by atomic mass is 16.1. The third kappa shape index (κ3) is 3.86. The van der Waals surface area contributed by atoms with Gasteiger partial charge in [0.1, 0.15) is 0 Å². The third-order valence-corrected chi connectivity index (χ3v) is 5.55. The number of H-pyrrole nitrogens is 1. The second kappa shape index (κ2) is 8.65. The summed E-state index contributed by atoms with van der Waals surface area (Å²) >= 11 is 0. The van der Waals surface area contributed by atoms with Crippen molar-refractivity contribution in [2.24, 2.45) is 7.05 Å². The lowest BCUT2D eigenvalue weighted by atomic mass is 10.0. The van der Waals surface area contributed by atoms with Crippen LogP contribution in [0.4, 0.5) is 0 Å². The van der Waals surface area contributed by atoms with Gasteiger partial charge in [-0.05, 0) is 23.3 Å². The predicted molar refractivity (Wildman–Crippen MR) is 123 cm³/mol. The average Bonchev–Trinajstić information content (AvgIpc) is 3.58. The number of rotatable bonds is 7. The minimum Gasteiger partial charge on any atom is -0.320 e. The van der Waals surface area contributed by atoms with Crippen molar-refractivity contribution in [3.63, 3.8) is 0 Å². The Balaban J connectivity index is 1.47. The lowest BCUT2D eigenvalue weighted by Gasteiger charge is -2.09. The average molecular weight is 441 g/mol. The number of nitrogens with one attached hydrogen (secondary N) is 1. The van der Waals surface area contributed by atoms with Crippen LogP contribution >= 0.6 is 0 Å². The van der Waals surface area contributed by atoms with E-state index in [1.54, 1.807) is 15.3 Å². The molecule has 0 atom stereocenters. The zero-order valence-corrected chi connectivity index (χ0v) is 18.4. The summed E-state index contributed by atoms with van der Waals surface area (Å²) in [4.78, 5) is 22.2. The second-order valence-electron chi connectivity index (χ2n) is 7.77. The van der Waals surface area contributed by atoms with Gasteiger partial charge >= 0.3 is 5.69 Å². The molecule has 0 bridgehead atoms. The minimum atomic E-state index is -0.124. The van der Waals surface area contributed by atoms with Crippen LogP contribution in [0.5, 0.6) is 0 Å². The van der Waals surface area contributed by atoms with Crippen LogP contribution < -0.4 is 5.69 Å². The van der Waals surface area contributed by atoms with Gasteiger partial charge in [0.25, 0.3) is 0 Å². The van der Waals surface area contributed by atoms with Crippen LogP contribution in [0, 0.1) is 0 Å². The molecule has 4 aromatic heterocycles. The van der Waals surface area contributed by atoms with Gasteiger partial charge in [0.15, 0.2) is 0 Å². The smallest absolute Gasteiger partial charge is 0.320 e. The first kappa shape index (κ1) is 20.6. The maximum atomic E-state index is 13.2. The summed E-state index contributed by atoms with van der Waals surface area (Å²) < 4.78 is 5.20. The highest BCUT2D eigenvalue weighted by Gasteiger charge is 2.16. The number of aryl methyl sites for hydroxylation is 2. The van der Waals surface area contributed by atoms with Crippen molar-refractivity contribution in [3.05, 3.63) is 83.1 Å². The number of nitrogens with zero attached hydrogens (tertiary/aromatic N) is 8. The topological polar surface area (TPSA) is 112 Å². The molecule has 33 heavy (non-hydrogen) atoms. The molecule has 0 radical (unpaired) electrons. The van der Waals surface area contributed by atoms with Gasteiger partial charge in [0.05, 0.1) is 12.2 Å². The molecular formula is C23H23N9O. The van der Waals surface area contributed by atoms with Crippen LogP contribution in [0.1, 0.15) is 24.7 Å². The maximum absolute atomic E-state index is 13.2. The number of aromatic amines is 1. The van der Waals surface area contributed by atoms with E-state index in [1.807, 2.05) is 66.6 Å². The second-order valence-corrected chi connectivity index (χ2v) is 7.77. The molecule has 5 aromatic rings. The Morgan fingerprint density at radius 2 is 1.91 bits per heavy atom. The van der Waals surface area contributed by atoms with Crippen LogP contribution in [-0.4, -0.2) is 44.3 Å². The molecule has 10 heteroatoms. The first-order valence-electron chi connectivity index (χ1n) is 10.7. The van der Waals surface area contributed by atoms with Crippen LogP contribution in [0.3, 0.4) is 0 Å². The normalized spacial score (nSPS) is 11.2. The molecule has 0 spiro atoms. The summed E-state index contributed by atoms with van der Waals surface area (Å²) in [5.41, 5.74) is 4.40. The van der Waals surface area contributed by atoms with Gasteiger partial charge in [-0.1, -0.05) is 43.7 Å². The number of hydrogen-bond donors (Lipinski definition) is 1. The van der Waals surface area contributed by atoms with E-state index in [1.165, 1.54) is 0 Å². The molecule has 10 nitrogen and oxygen atoms in total. The molecule has 5 rings (SSSR count). The molecule has 1 N–H and O–H groups in total. The van der Waals surface area contributed by atoms with E-state index < -0.39 is 0 Å². The molecule has 1 aromatic carbocycles. The summed E-state index contributed by atoms with van der Waals surface area (Å²) in [6.07, 6.45) is 8.93. The summed E-state index contributed by atoms with van der Waals surface area (Å²) in [7, 11) is 1.87. The Morgan fingerprint density at radius 3 is 2.58 bits per heavy atom. The highest BCUT2D eigenvalue weighted by molar-refractivity contribution is 5.79. The fourth-order valence-corrected chi connectivity index (χ4v) is 3.93. The highest BCUT2D eigenvalue weighted by Crippen LogP contribution is 2.29. The van der Waals surface area contributed by atoms with E-state index in [0.717, 1.165) is 40.9 Å². The lowest BCUT2D eigenvalue weighted by molar-refractivity contribution is 0.672. The zero-order chi connectivity index (χ0) is 22.8. The number of imidazole rings is 2. The van der Waals surface area contributed by atoms with Crippen molar-refractivity contribution in [2.45, 2.75) is 26.3 Å². The fraction of sp³-hybridized carbons (Fsp3) is 0.217. The van der Waals surface area contributed by atoms with Crippen LogP contribution in [-0.2, 0) is 20.0 Å². The monoisotopic (exact) mass is 441 g/mol. The molecule has 0 aliphatic heterocycles. The van der Waals surface area contributed by atoms with Crippen molar-refractivity contribution in [1.29, 1.82) is 0 Å². The van der Waals surface area contributed by atoms with Gasteiger partial charge < -0.3 is 4.57 Å². The summed E-state index contributed by atoms with van der Waals surface area (Å²) in [5, 5.41) is 14.3. The SMILES string of the molecule is CCCc1cn(-c2nccn2C)c(=O)n1Cc1ccc(-c2ccccc2-c2nn[nH]n2)cn1. The van der Waals surface area contributed by atoms with Crippen molar-refractivity contribution in [2.75, 3.05) is 0 Å². The molecule has 0 amide bonds. The number of aromatic nitrogens is 9. The van der Waals surface area contributed by atoms with Gasteiger partial charge in [-0.2, -0.15) is 5.21 Å². The van der Waals surface area contributed by atoms with Crippen LogP contribution in [0.15, 0.2) is 66.0 Å². The molecule has 0 aliphatic rings. The predicted octanol–water partition coefficient (Wildman–Crippen LogP) is 2.62. The number of pyridine rings is 1. The van der Waals surface area contributed by atoms with Crippen LogP contribution in [0.2, 0.25) is 0 Å². The van der Waals surface area contributed by atoms with E-state index in [2.05, 4.69) is 37.5 Å². The van der Waals surface area contributed by atoms with E-state index in [-0.39, 0.29) is 5.69 Å². The van der Waals surface area contributed by atoms with Crippen molar-refractivity contribution in [1.82, 2.24) is 44.3 Å². The van der Waals surface area contributed by atoms with Crippen molar-refractivity contribution >= 4 is 0 Å². The molecule has 4 heterocycles. The lowest BCUT2D eigenvalue weighted by Crippen LogP contribution is -2.26.